The van der Waals surface area contributed by atoms with E-state index in [2.05, 4.69) is 26.2 Å². The molecular formula is C10H13BrN2O. The summed E-state index contributed by atoms with van der Waals surface area (Å²) in [6, 6.07) is 1.71. The molecule has 0 radical (unpaired) electrons. The van der Waals surface area contributed by atoms with Gasteiger partial charge in [0, 0.05) is 23.9 Å². The van der Waals surface area contributed by atoms with Crippen LogP contribution in [0.15, 0.2) is 21.5 Å². The monoisotopic (exact) mass is 256 g/mol. The fraction of sp³-hybridized carbons (Fsp3) is 0.500. The lowest BCUT2D eigenvalue weighted by molar-refractivity contribution is 0.453. The van der Waals surface area contributed by atoms with Crippen molar-refractivity contribution in [1.29, 1.82) is 0 Å². The van der Waals surface area contributed by atoms with Crippen molar-refractivity contribution in [2.24, 2.45) is 0 Å². The van der Waals surface area contributed by atoms with E-state index in [1.807, 2.05) is 0 Å². The Morgan fingerprint density at radius 3 is 2.71 bits per heavy atom. The van der Waals surface area contributed by atoms with Crippen molar-refractivity contribution in [3.8, 4) is 0 Å². The maximum absolute atomic E-state index is 11.4. The van der Waals surface area contributed by atoms with Gasteiger partial charge in [0.05, 0.1) is 4.47 Å². The molecule has 0 aromatic carbocycles. The average Bonchev–Trinajstić information content (AvgIpc) is 2.23. The van der Waals surface area contributed by atoms with Crippen LogP contribution >= 0.6 is 15.9 Å². The lowest BCUT2D eigenvalue weighted by Crippen LogP contribution is -2.27. The molecule has 1 aliphatic rings. The number of halogens is 1. The fourth-order valence-electron chi connectivity index (χ4n) is 1.84. The summed E-state index contributed by atoms with van der Waals surface area (Å²) in [7, 11) is 0. The Morgan fingerprint density at radius 2 is 2.07 bits per heavy atom. The molecular weight excluding hydrogens is 244 g/mol. The smallest absolute Gasteiger partial charge is 0.195 e. The first-order valence-corrected chi connectivity index (χ1v) is 5.65. The molecule has 1 saturated heterocycles. The minimum atomic E-state index is 0.0669. The summed E-state index contributed by atoms with van der Waals surface area (Å²) in [6.45, 7) is 2.09. The highest BCUT2D eigenvalue weighted by atomic mass is 79.9. The summed E-state index contributed by atoms with van der Waals surface area (Å²) < 4.78 is 0.607. The van der Waals surface area contributed by atoms with Crippen LogP contribution in [-0.4, -0.2) is 18.1 Å². The standard InChI is InChI=1S/C10H13BrN2O/c11-8-6-13-9(5-10(8)14)7-1-3-12-4-2-7/h5-7,12H,1-4H2,(H,13,14). The predicted octanol–water partition coefficient (Wildman–Crippen LogP) is 1.60. The SMILES string of the molecule is O=c1cc(C2CCNCC2)[nH]cc1Br. The van der Waals surface area contributed by atoms with Crippen molar-refractivity contribution in [3.05, 3.63) is 32.7 Å². The number of nitrogens with one attached hydrogen (secondary N) is 2. The second-order valence-corrected chi connectivity index (χ2v) is 4.48. The Labute approximate surface area is 91.0 Å². The molecule has 0 amide bonds. The van der Waals surface area contributed by atoms with Crippen LogP contribution in [0, 0.1) is 0 Å². The number of H-pyrrole nitrogens is 1. The second-order valence-electron chi connectivity index (χ2n) is 3.62. The predicted molar refractivity (Wildman–Crippen MR) is 59.6 cm³/mol. The van der Waals surface area contributed by atoms with E-state index >= 15 is 0 Å². The fourth-order valence-corrected chi connectivity index (χ4v) is 2.07. The van der Waals surface area contributed by atoms with Gasteiger partial charge in [0.25, 0.3) is 0 Å². The van der Waals surface area contributed by atoms with Crippen LogP contribution in [0.2, 0.25) is 0 Å². The molecule has 4 heteroatoms. The minimum Gasteiger partial charge on any atom is -0.363 e. The maximum Gasteiger partial charge on any atom is 0.195 e. The van der Waals surface area contributed by atoms with Crippen LogP contribution in [0.5, 0.6) is 0 Å². The van der Waals surface area contributed by atoms with Crippen molar-refractivity contribution < 1.29 is 0 Å². The van der Waals surface area contributed by atoms with Crippen LogP contribution in [0.4, 0.5) is 0 Å². The summed E-state index contributed by atoms with van der Waals surface area (Å²) in [5, 5.41) is 3.31. The van der Waals surface area contributed by atoms with Gasteiger partial charge in [0.15, 0.2) is 5.43 Å². The van der Waals surface area contributed by atoms with Gasteiger partial charge in [-0.1, -0.05) is 0 Å². The minimum absolute atomic E-state index is 0.0669. The van der Waals surface area contributed by atoms with Gasteiger partial charge >= 0.3 is 0 Å². The molecule has 14 heavy (non-hydrogen) atoms. The Hall–Kier alpha value is -0.610. The first kappa shape index (κ1) is 9.93. The lowest BCUT2D eigenvalue weighted by atomic mass is 9.94. The van der Waals surface area contributed by atoms with Crippen LogP contribution in [0.25, 0.3) is 0 Å². The second kappa shape index (κ2) is 4.28. The molecule has 3 nitrogen and oxygen atoms in total. The molecule has 1 aliphatic heterocycles. The largest absolute Gasteiger partial charge is 0.363 e. The molecule has 1 fully saturated rings. The first-order valence-electron chi connectivity index (χ1n) is 4.86. The Bertz CT molecular complexity index is 369. The first-order chi connectivity index (χ1) is 6.77. The number of rotatable bonds is 1. The van der Waals surface area contributed by atoms with Gasteiger partial charge in [-0.25, -0.2) is 0 Å². The van der Waals surface area contributed by atoms with E-state index < -0.39 is 0 Å². The van der Waals surface area contributed by atoms with E-state index in [0.717, 1.165) is 31.6 Å². The van der Waals surface area contributed by atoms with Crippen LogP contribution in [-0.2, 0) is 0 Å². The Morgan fingerprint density at radius 1 is 1.36 bits per heavy atom. The highest BCUT2D eigenvalue weighted by molar-refractivity contribution is 9.10. The van der Waals surface area contributed by atoms with Gasteiger partial charge in [-0.3, -0.25) is 4.79 Å². The van der Waals surface area contributed by atoms with Crippen LogP contribution in [0.3, 0.4) is 0 Å². The Balaban J connectivity index is 2.23. The van der Waals surface area contributed by atoms with E-state index in [-0.39, 0.29) is 5.43 Å². The number of pyridine rings is 1. The molecule has 0 bridgehead atoms. The molecule has 1 aromatic rings. The normalized spacial score (nSPS) is 18.4. The zero-order chi connectivity index (χ0) is 9.97. The van der Waals surface area contributed by atoms with Crippen molar-refractivity contribution in [1.82, 2.24) is 10.3 Å². The summed E-state index contributed by atoms with van der Waals surface area (Å²) in [6.07, 6.45) is 3.95. The molecule has 0 atom stereocenters. The number of aromatic amines is 1. The highest BCUT2D eigenvalue weighted by Crippen LogP contribution is 2.22. The van der Waals surface area contributed by atoms with Gasteiger partial charge in [0.2, 0.25) is 0 Å². The van der Waals surface area contributed by atoms with E-state index in [1.165, 1.54) is 0 Å². The molecule has 0 saturated carbocycles. The van der Waals surface area contributed by atoms with Gasteiger partial charge in [-0.2, -0.15) is 0 Å². The molecule has 0 unspecified atom stereocenters. The molecule has 0 spiro atoms. The van der Waals surface area contributed by atoms with Crippen LogP contribution < -0.4 is 10.7 Å². The quantitative estimate of drug-likeness (QED) is 0.802. The van der Waals surface area contributed by atoms with Crippen molar-refractivity contribution in [2.75, 3.05) is 13.1 Å². The summed E-state index contributed by atoms with van der Waals surface area (Å²) >= 11 is 3.20. The van der Waals surface area contributed by atoms with Crippen molar-refractivity contribution >= 4 is 15.9 Å². The zero-order valence-corrected chi connectivity index (χ0v) is 9.43. The van der Waals surface area contributed by atoms with E-state index in [1.54, 1.807) is 12.3 Å². The number of aromatic nitrogens is 1. The molecule has 2 rings (SSSR count). The number of hydrogen-bond acceptors (Lipinski definition) is 2. The van der Waals surface area contributed by atoms with Gasteiger partial charge in [-0.05, 0) is 41.9 Å². The van der Waals surface area contributed by atoms with E-state index in [4.69, 9.17) is 0 Å². The lowest BCUT2D eigenvalue weighted by Gasteiger charge is -2.22. The van der Waals surface area contributed by atoms with Gasteiger partial charge in [0.1, 0.15) is 0 Å². The molecule has 0 aliphatic carbocycles. The third-order valence-corrected chi connectivity index (χ3v) is 3.29. The third kappa shape index (κ3) is 2.07. The summed E-state index contributed by atoms with van der Waals surface area (Å²) in [5.74, 6) is 0.511. The van der Waals surface area contributed by atoms with Crippen molar-refractivity contribution in [2.45, 2.75) is 18.8 Å². The van der Waals surface area contributed by atoms with Gasteiger partial charge < -0.3 is 10.3 Å². The molecule has 2 N–H and O–H groups in total. The molecule has 1 aromatic heterocycles. The Kier molecular flexibility index (Phi) is 3.03. The van der Waals surface area contributed by atoms with E-state index in [0.29, 0.717) is 10.4 Å². The maximum atomic E-state index is 11.4. The summed E-state index contributed by atoms with van der Waals surface area (Å²) in [4.78, 5) is 14.6. The topological polar surface area (TPSA) is 44.9 Å². The average molecular weight is 257 g/mol. The van der Waals surface area contributed by atoms with Gasteiger partial charge in [-0.15, -0.1) is 0 Å². The number of piperidine rings is 1. The molecule has 76 valence electrons. The highest BCUT2D eigenvalue weighted by Gasteiger charge is 2.15. The molecule has 2 heterocycles. The summed E-state index contributed by atoms with van der Waals surface area (Å²) in [5.41, 5.74) is 1.14. The third-order valence-electron chi connectivity index (χ3n) is 2.67. The van der Waals surface area contributed by atoms with Crippen LogP contribution in [0.1, 0.15) is 24.5 Å². The zero-order valence-electron chi connectivity index (χ0n) is 7.85. The number of hydrogen-bond donors (Lipinski definition) is 2. The van der Waals surface area contributed by atoms with Crippen molar-refractivity contribution in [3.63, 3.8) is 0 Å². The van der Waals surface area contributed by atoms with E-state index in [9.17, 15) is 4.79 Å².